The molecule has 36 heavy (non-hydrogen) atoms. The third-order valence-corrected chi connectivity index (χ3v) is 8.26. The summed E-state index contributed by atoms with van der Waals surface area (Å²) in [6, 6.07) is 18.3. The number of nitriles is 1. The Morgan fingerprint density at radius 2 is 1.78 bits per heavy atom. The molecule has 4 rings (SSSR count). The van der Waals surface area contributed by atoms with Crippen LogP contribution in [0.2, 0.25) is 0 Å². The zero-order valence-electron chi connectivity index (χ0n) is 20.6. The van der Waals surface area contributed by atoms with E-state index in [0.717, 1.165) is 29.7 Å². The lowest BCUT2D eigenvalue weighted by Crippen LogP contribution is -2.34. The van der Waals surface area contributed by atoms with Crippen LogP contribution in [0.15, 0.2) is 53.4 Å². The number of allylic oxidation sites excluding steroid dienone is 2. The number of anilines is 1. The van der Waals surface area contributed by atoms with Crippen LogP contribution >= 0.6 is 0 Å². The molecule has 1 fully saturated rings. The van der Waals surface area contributed by atoms with E-state index in [1.807, 2.05) is 17.7 Å². The zero-order valence-corrected chi connectivity index (χ0v) is 21.4. The molecule has 1 aliphatic heterocycles. The van der Waals surface area contributed by atoms with Crippen LogP contribution in [0.25, 0.3) is 27.6 Å². The fourth-order valence-electron chi connectivity index (χ4n) is 4.72. The van der Waals surface area contributed by atoms with E-state index in [9.17, 15) is 18.8 Å². The lowest BCUT2D eigenvalue weighted by molar-refractivity contribution is 0.0989. The van der Waals surface area contributed by atoms with Crippen molar-refractivity contribution in [1.82, 2.24) is 9.29 Å². The molecule has 1 aromatic heterocycles. The molecule has 9 heteroatoms. The Balaban J connectivity index is 1.64. The van der Waals surface area contributed by atoms with Crippen molar-refractivity contribution in [1.29, 1.82) is 5.26 Å². The number of hydrogen-bond donors (Lipinski definition) is 3. The van der Waals surface area contributed by atoms with Crippen LogP contribution in [0.5, 0.6) is 0 Å². The molecule has 0 radical (unpaired) electrons. The van der Waals surface area contributed by atoms with E-state index < -0.39 is 27.6 Å². The summed E-state index contributed by atoms with van der Waals surface area (Å²) in [6.45, 7) is 2.81. The van der Waals surface area contributed by atoms with Crippen molar-refractivity contribution in [2.45, 2.75) is 32.3 Å². The Labute approximate surface area is 212 Å². The maximum atomic E-state index is 12.7. The number of piperidine rings is 1. The van der Waals surface area contributed by atoms with Gasteiger partial charge in [0.2, 0.25) is 0 Å². The van der Waals surface area contributed by atoms with Crippen LogP contribution in [0.4, 0.5) is 5.69 Å². The zero-order chi connectivity index (χ0) is 25.9. The first-order valence-corrected chi connectivity index (χ1v) is 13.6. The summed E-state index contributed by atoms with van der Waals surface area (Å²) in [5, 5.41) is 30.3. The molecule has 1 aliphatic rings. The standard InChI is InChI=1S/C27H32N4O4S/c1-19(27(16-28)36(34,35)29-17-24(33)18-32)25-10-11-26(30(25)2)22-7-6-21-15-23(9-8-20(21)14-22)31-12-4-3-5-13-31/h6-11,14-15,24,29,32-33H,3-5,12-13,17-18H2,1-2H3/b27-19+. The first-order chi connectivity index (χ1) is 17.2. The van der Waals surface area contributed by atoms with E-state index in [4.69, 9.17) is 5.11 Å². The predicted molar refractivity (Wildman–Crippen MR) is 143 cm³/mol. The van der Waals surface area contributed by atoms with E-state index in [2.05, 4.69) is 46.0 Å². The van der Waals surface area contributed by atoms with E-state index in [1.165, 1.54) is 30.3 Å². The number of sulfonamides is 1. The molecule has 0 spiro atoms. The normalized spacial score (nSPS) is 16.0. The van der Waals surface area contributed by atoms with Gasteiger partial charge in [0, 0.05) is 49.3 Å². The Kier molecular flexibility index (Phi) is 7.81. The number of fused-ring (bicyclic) bond motifs is 1. The number of aliphatic hydroxyl groups excluding tert-OH is 2. The lowest BCUT2D eigenvalue weighted by atomic mass is 10.0. The predicted octanol–water partition coefficient (Wildman–Crippen LogP) is 3.36. The Morgan fingerprint density at radius 1 is 1.08 bits per heavy atom. The van der Waals surface area contributed by atoms with Gasteiger partial charge < -0.3 is 19.7 Å². The van der Waals surface area contributed by atoms with Crippen molar-refractivity contribution in [2.75, 3.05) is 31.1 Å². The SMILES string of the molecule is C/C(=C(/C#N)S(=O)(=O)NCC(O)CO)c1ccc(-c2ccc3cc(N4CCCCC4)ccc3c2)n1C. The van der Waals surface area contributed by atoms with Gasteiger partial charge in [-0.15, -0.1) is 0 Å². The summed E-state index contributed by atoms with van der Waals surface area (Å²) in [4.78, 5) is 2.01. The summed E-state index contributed by atoms with van der Waals surface area (Å²) >= 11 is 0. The van der Waals surface area contributed by atoms with Gasteiger partial charge in [-0.25, -0.2) is 13.1 Å². The van der Waals surface area contributed by atoms with Crippen molar-refractivity contribution in [2.24, 2.45) is 7.05 Å². The summed E-state index contributed by atoms with van der Waals surface area (Å²) < 4.78 is 29.4. The maximum absolute atomic E-state index is 12.7. The molecule has 1 unspecified atom stereocenters. The molecule has 0 amide bonds. The largest absolute Gasteiger partial charge is 0.394 e. The van der Waals surface area contributed by atoms with E-state index in [0.29, 0.717) is 11.3 Å². The van der Waals surface area contributed by atoms with Gasteiger partial charge in [0.1, 0.15) is 6.07 Å². The van der Waals surface area contributed by atoms with Gasteiger partial charge in [-0.3, -0.25) is 0 Å². The quantitative estimate of drug-likeness (QED) is 0.402. The van der Waals surface area contributed by atoms with Crippen molar-refractivity contribution < 1.29 is 18.6 Å². The second kappa shape index (κ2) is 10.8. The maximum Gasteiger partial charge on any atom is 0.251 e. The highest BCUT2D eigenvalue weighted by molar-refractivity contribution is 7.93. The van der Waals surface area contributed by atoms with Crippen LogP contribution < -0.4 is 9.62 Å². The molecular formula is C27H32N4O4S. The van der Waals surface area contributed by atoms with Crippen molar-refractivity contribution in [3.8, 4) is 17.3 Å². The second-order valence-corrected chi connectivity index (χ2v) is 10.9. The second-order valence-electron chi connectivity index (χ2n) is 9.21. The average molecular weight is 509 g/mol. The van der Waals surface area contributed by atoms with Gasteiger partial charge in [-0.05, 0) is 72.9 Å². The minimum absolute atomic E-state index is 0.296. The van der Waals surface area contributed by atoms with Crippen LogP contribution in [0, 0.1) is 11.3 Å². The van der Waals surface area contributed by atoms with Crippen LogP contribution in [0.3, 0.4) is 0 Å². The summed E-state index contributed by atoms with van der Waals surface area (Å²) in [7, 11) is -2.32. The Morgan fingerprint density at radius 3 is 2.47 bits per heavy atom. The molecule has 2 aromatic carbocycles. The number of hydrogen-bond acceptors (Lipinski definition) is 6. The van der Waals surface area contributed by atoms with Gasteiger partial charge in [0.05, 0.1) is 12.7 Å². The van der Waals surface area contributed by atoms with Crippen LogP contribution in [-0.2, 0) is 17.1 Å². The van der Waals surface area contributed by atoms with E-state index in [-0.39, 0.29) is 6.54 Å². The number of nitrogens with zero attached hydrogens (tertiary/aromatic N) is 3. The number of rotatable bonds is 8. The number of aliphatic hydroxyl groups is 2. The first-order valence-electron chi connectivity index (χ1n) is 12.1. The molecule has 8 nitrogen and oxygen atoms in total. The van der Waals surface area contributed by atoms with Crippen molar-refractivity contribution in [3.05, 3.63) is 59.1 Å². The van der Waals surface area contributed by atoms with Gasteiger partial charge in [-0.2, -0.15) is 5.26 Å². The topological polar surface area (TPSA) is 119 Å². The fourth-order valence-corrected chi connectivity index (χ4v) is 5.91. The highest BCUT2D eigenvalue weighted by Gasteiger charge is 2.23. The minimum Gasteiger partial charge on any atom is -0.394 e. The van der Waals surface area contributed by atoms with Crippen LogP contribution in [-0.4, -0.2) is 55.5 Å². The average Bonchev–Trinajstić information content (AvgIpc) is 3.28. The van der Waals surface area contributed by atoms with Crippen molar-refractivity contribution >= 4 is 32.1 Å². The van der Waals surface area contributed by atoms with Gasteiger partial charge >= 0.3 is 0 Å². The van der Waals surface area contributed by atoms with E-state index in [1.54, 1.807) is 19.1 Å². The third kappa shape index (κ3) is 5.32. The Bertz CT molecular complexity index is 1430. The first kappa shape index (κ1) is 25.9. The van der Waals surface area contributed by atoms with Gasteiger partial charge in [0.25, 0.3) is 10.0 Å². The van der Waals surface area contributed by atoms with Crippen molar-refractivity contribution in [3.63, 3.8) is 0 Å². The summed E-state index contributed by atoms with van der Waals surface area (Å²) in [6.07, 6.45) is 2.52. The molecule has 190 valence electrons. The molecule has 0 saturated carbocycles. The van der Waals surface area contributed by atoms with Gasteiger partial charge in [-0.1, -0.05) is 18.2 Å². The minimum atomic E-state index is -4.16. The smallest absolute Gasteiger partial charge is 0.251 e. The number of aromatic nitrogens is 1. The monoisotopic (exact) mass is 508 g/mol. The molecule has 0 bridgehead atoms. The molecule has 1 saturated heterocycles. The molecule has 0 aliphatic carbocycles. The molecule has 1 atom stereocenters. The molecule has 2 heterocycles. The third-order valence-electron chi connectivity index (χ3n) is 6.78. The van der Waals surface area contributed by atoms with E-state index >= 15 is 0 Å². The number of benzene rings is 2. The fraction of sp³-hybridized carbons (Fsp3) is 0.370. The molecular weight excluding hydrogens is 476 g/mol. The summed E-state index contributed by atoms with van der Waals surface area (Å²) in [5.74, 6) is 0. The molecule has 3 aromatic rings. The molecule has 3 N–H and O–H groups in total. The highest BCUT2D eigenvalue weighted by atomic mass is 32.2. The Hall–Kier alpha value is -3.16. The highest BCUT2D eigenvalue weighted by Crippen LogP contribution is 2.31. The summed E-state index contributed by atoms with van der Waals surface area (Å²) in [5.41, 5.74) is 4.02. The number of nitrogens with one attached hydrogen (secondary N) is 1. The van der Waals surface area contributed by atoms with Gasteiger partial charge in [0.15, 0.2) is 4.91 Å². The van der Waals surface area contributed by atoms with Crippen LogP contribution in [0.1, 0.15) is 31.9 Å². The lowest BCUT2D eigenvalue weighted by Gasteiger charge is -2.29.